The standard InChI is InChI=1S/C20H22ClNO3/c1-4-24-18-10-7-15(12-19(18)25-5-2)8-11-20(23)22-16-9-6-14(3)17(21)13-16/h6-13H,4-5H2,1-3H3,(H,22,23). The first-order valence-corrected chi connectivity index (χ1v) is 8.56. The van der Waals surface area contributed by atoms with Gasteiger partial charge < -0.3 is 14.8 Å². The third-order valence-electron chi connectivity index (χ3n) is 3.43. The summed E-state index contributed by atoms with van der Waals surface area (Å²) >= 11 is 6.06. The van der Waals surface area contributed by atoms with Crippen molar-refractivity contribution in [1.29, 1.82) is 0 Å². The summed E-state index contributed by atoms with van der Waals surface area (Å²) in [6.45, 7) is 6.86. The highest BCUT2D eigenvalue weighted by Crippen LogP contribution is 2.29. The van der Waals surface area contributed by atoms with Gasteiger partial charge in [-0.2, -0.15) is 0 Å². The molecule has 0 spiro atoms. The van der Waals surface area contributed by atoms with E-state index < -0.39 is 0 Å². The molecule has 0 fully saturated rings. The van der Waals surface area contributed by atoms with Gasteiger partial charge in [0, 0.05) is 16.8 Å². The summed E-state index contributed by atoms with van der Waals surface area (Å²) in [7, 11) is 0. The third kappa shape index (κ3) is 5.54. The van der Waals surface area contributed by atoms with Crippen molar-refractivity contribution in [3.05, 3.63) is 58.6 Å². The first-order chi connectivity index (χ1) is 12.0. The molecule has 5 heteroatoms. The van der Waals surface area contributed by atoms with Crippen LogP contribution in [0.2, 0.25) is 5.02 Å². The van der Waals surface area contributed by atoms with Crippen LogP contribution in [0.1, 0.15) is 25.0 Å². The Hall–Kier alpha value is -2.46. The number of anilines is 1. The van der Waals surface area contributed by atoms with E-state index in [1.165, 1.54) is 6.08 Å². The number of benzene rings is 2. The highest BCUT2D eigenvalue weighted by molar-refractivity contribution is 6.31. The van der Waals surface area contributed by atoms with Gasteiger partial charge in [-0.25, -0.2) is 0 Å². The average molecular weight is 360 g/mol. The van der Waals surface area contributed by atoms with Gasteiger partial charge in [0.25, 0.3) is 0 Å². The number of hydrogen-bond donors (Lipinski definition) is 1. The number of carbonyl (C=O) groups excluding carboxylic acids is 1. The van der Waals surface area contributed by atoms with Crippen LogP contribution in [-0.2, 0) is 4.79 Å². The molecule has 0 aliphatic heterocycles. The Bertz CT molecular complexity index is 772. The van der Waals surface area contributed by atoms with Crippen molar-refractivity contribution < 1.29 is 14.3 Å². The Kier molecular flexibility index (Phi) is 6.90. The van der Waals surface area contributed by atoms with Gasteiger partial charge in [0.05, 0.1) is 13.2 Å². The molecule has 25 heavy (non-hydrogen) atoms. The fraction of sp³-hybridized carbons (Fsp3) is 0.250. The first-order valence-electron chi connectivity index (χ1n) is 8.18. The van der Waals surface area contributed by atoms with Crippen LogP contribution in [0.15, 0.2) is 42.5 Å². The predicted octanol–water partition coefficient (Wildman–Crippen LogP) is 5.10. The van der Waals surface area contributed by atoms with Crippen LogP contribution in [0.3, 0.4) is 0 Å². The second-order valence-electron chi connectivity index (χ2n) is 5.36. The van der Waals surface area contributed by atoms with E-state index >= 15 is 0 Å². The zero-order chi connectivity index (χ0) is 18.2. The van der Waals surface area contributed by atoms with Crippen molar-refractivity contribution >= 4 is 29.3 Å². The highest BCUT2D eigenvalue weighted by Gasteiger charge is 2.05. The van der Waals surface area contributed by atoms with Crippen LogP contribution in [-0.4, -0.2) is 19.1 Å². The lowest BCUT2D eigenvalue weighted by atomic mass is 10.2. The summed E-state index contributed by atoms with van der Waals surface area (Å²) in [6, 6.07) is 11.0. The van der Waals surface area contributed by atoms with Crippen LogP contribution in [0.5, 0.6) is 11.5 Å². The predicted molar refractivity (Wildman–Crippen MR) is 103 cm³/mol. The number of hydrogen-bond acceptors (Lipinski definition) is 3. The molecule has 0 unspecified atom stereocenters. The number of ether oxygens (including phenoxy) is 2. The molecule has 2 rings (SSSR count). The number of nitrogens with one attached hydrogen (secondary N) is 1. The van der Waals surface area contributed by atoms with E-state index in [1.54, 1.807) is 12.1 Å². The Morgan fingerprint density at radius 1 is 1.08 bits per heavy atom. The summed E-state index contributed by atoms with van der Waals surface area (Å²) < 4.78 is 11.1. The lowest BCUT2D eigenvalue weighted by Crippen LogP contribution is -2.07. The normalized spacial score (nSPS) is 10.7. The summed E-state index contributed by atoms with van der Waals surface area (Å²) in [5.74, 6) is 1.13. The van der Waals surface area contributed by atoms with Crippen LogP contribution >= 0.6 is 11.6 Å². The van der Waals surface area contributed by atoms with E-state index in [0.717, 1.165) is 11.1 Å². The van der Waals surface area contributed by atoms with E-state index in [-0.39, 0.29) is 5.91 Å². The van der Waals surface area contributed by atoms with Crippen LogP contribution in [0.25, 0.3) is 6.08 Å². The van der Waals surface area contributed by atoms with Crippen molar-refractivity contribution in [3.8, 4) is 11.5 Å². The molecule has 0 bridgehead atoms. The zero-order valence-electron chi connectivity index (χ0n) is 14.6. The molecule has 0 atom stereocenters. The molecule has 0 saturated carbocycles. The number of rotatable bonds is 7. The molecule has 2 aromatic rings. The van der Waals surface area contributed by atoms with E-state index in [2.05, 4.69) is 5.32 Å². The van der Waals surface area contributed by atoms with Crippen LogP contribution in [0, 0.1) is 6.92 Å². The van der Waals surface area contributed by atoms with E-state index in [0.29, 0.717) is 35.4 Å². The quantitative estimate of drug-likeness (QED) is 0.700. The molecule has 1 amide bonds. The third-order valence-corrected chi connectivity index (χ3v) is 3.84. The van der Waals surface area contributed by atoms with Crippen LogP contribution in [0.4, 0.5) is 5.69 Å². The Labute approximate surface area is 153 Å². The van der Waals surface area contributed by atoms with Gasteiger partial charge >= 0.3 is 0 Å². The molecule has 0 aliphatic rings. The maximum atomic E-state index is 12.1. The zero-order valence-corrected chi connectivity index (χ0v) is 15.4. The smallest absolute Gasteiger partial charge is 0.248 e. The van der Waals surface area contributed by atoms with Crippen LogP contribution < -0.4 is 14.8 Å². The van der Waals surface area contributed by atoms with E-state index in [4.69, 9.17) is 21.1 Å². The number of halogens is 1. The van der Waals surface area contributed by atoms with Crippen molar-refractivity contribution in [2.45, 2.75) is 20.8 Å². The lowest BCUT2D eigenvalue weighted by Gasteiger charge is -2.11. The highest BCUT2D eigenvalue weighted by atomic mass is 35.5. The monoisotopic (exact) mass is 359 g/mol. The van der Waals surface area contributed by atoms with Crippen molar-refractivity contribution in [2.24, 2.45) is 0 Å². The molecule has 0 saturated heterocycles. The van der Waals surface area contributed by atoms with Crippen molar-refractivity contribution in [2.75, 3.05) is 18.5 Å². The van der Waals surface area contributed by atoms with Crippen molar-refractivity contribution in [1.82, 2.24) is 0 Å². The summed E-state index contributed by atoms with van der Waals surface area (Å²) in [4.78, 5) is 12.1. The SMILES string of the molecule is CCOc1ccc(C=CC(=O)Nc2ccc(C)c(Cl)c2)cc1OCC. The van der Waals surface area contributed by atoms with Gasteiger partial charge in [-0.3, -0.25) is 4.79 Å². The van der Waals surface area contributed by atoms with Gasteiger partial charge in [-0.05, 0) is 62.2 Å². The average Bonchev–Trinajstić information content (AvgIpc) is 2.59. The molecule has 4 nitrogen and oxygen atoms in total. The molecule has 0 heterocycles. The molecule has 0 aliphatic carbocycles. The molecule has 1 N–H and O–H groups in total. The molecule has 0 aromatic heterocycles. The van der Waals surface area contributed by atoms with Gasteiger partial charge in [-0.1, -0.05) is 23.7 Å². The topological polar surface area (TPSA) is 47.6 Å². The Morgan fingerprint density at radius 2 is 1.80 bits per heavy atom. The number of carbonyl (C=O) groups is 1. The number of aryl methyl sites for hydroxylation is 1. The van der Waals surface area contributed by atoms with E-state index in [9.17, 15) is 4.79 Å². The Morgan fingerprint density at radius 3 is 2.48 bits per heavy atom. The second-order valence-corrected chi connectivity index (χ2v) is 5.77. The maximum Gasteiger partial charge on any atom is 0.248 e. The molecule has 0 radical (unpaired) electrons. The molecule has 2 aromatic carbocycles. The summed E-state index contributed by atoms with van der Waals surface area (Å²) in [6.07, 6.45) is 3.20. The minimum absolute atomic E-state index is 0.230. The Balaban J connectivity index is 2.08. The minimum atomic E-state index is -0.230. The first kappa shape index (κ1) is 18.9. The molecule has 132 valence electrons. The largest absolute Gasteiger partial charge is 0.490 e. The van der Waals surface area contributed by atoms with Gasteiger partial charge in [-0.15, -0.1) is 0 Å². The number of amides is 1. The summed E-state index contributed by atoms with van der Waals surface area (Å²) in [5.41, 5.74) is 2.48. The lowest BCUT2D eigenvalue weighted by molar-refractivity contribution is -0.111. The maximum absolute atomic E-state index is 12.1. The van der Waals surface area contributed by atoms with Gasteiger partial charge in [0.15, 0.2) is 11.5 Å². The van der Waals surface area contributed by atoms with Gasteiger partial charge in [0.2, 0.25) is 5.91 Å². The molecular formula is C20H22ClNO3. The minimum Gasteiger partial charge on any atom is -0.490 e. The van der Waals surface area contributed by atoms with Crippen molar-refractivity contribution in [3.63, 3.8) is 0 Å². The fourth-order valence-electron chi connectivity index (χ4n) is 2.20. The van der Waals surface area contributed by atoms with E-state index in [1.807, 2.05) is 51.1 Å². The second kappa shape index (κ2) is 9.14. The molecular weight excluding hydrogens is 338 g/mol. The van der Waals surface area contributed by atoms with Gasteiger partial charge in [0.1, 0.15) is 0 Å². The summed E-state index contributed by atoms with van der Waals surface area (Å²) in [5, 5.41) is 3.41. The fourth-order valence-corrected chi connectivity index (χ4v) is 2.38.